The first kappa shape index (κ1) is 16.3. The van der Waals surface area contributed by atoms with Gasteiger partial charge in [-0.15, -0.1) is 10.2 Å². The molecular weight excluding hydrogens is 326 g/mol. The van der Waals surface area contributed by atoms with Crippen LogP contribution < -0.4 is 5.32 Å². The molecule has 0 atom stereocenters. The molecular formula is C17H17N3O3S. The minimum Gasteiger partial charge on any atom is -0.469 e. The van der Waals surface area contributed by atoms with Crippen molar-refractivity contribution >= 4 is 17.7 Å². The summed E-state index contributed by atoms with van der Waals surface area (Å²) < 4.78 is 10.8. The summed E-state index contributed by atoms with van der Waals surface area (Å²) in [6.45, 7) is 4.36. The molecule has 1 aromatic carbocycles. The smallest absolute Gasteiger partial charge is 0.277 e. The van der Waals surface area contributed by atoms with Crippen LogP contribution in [0.3, 0.4) is 0 Å². The van der Waals surface area contributed by atoms with Gasteiger partial charge in [0.2, 0.25) is 5.91 Å². The number of thioether (sulfide) groups is 1. The van der Waals surface area contributed by atoms with Gasteiger partial charge in [0.15, 0.2) is 0 Å². The van der Waals surface area contributed by atoms with E-state index in [1.165, 1.54) is 11.8 Å². The maximum absolute atomic E-state index is 12.0. The molecule has 0 saturated heterocycles. The molecule has 3 rings (SSSR count). The molecule has 124 valence electrons. The van der Waals surface area contributed by atoms with Crippen LogP contribution in [-0.2, 0) is 11.3 Å². The molecule has 0 spiro atoms. The molecule has 7 heteroatoms. The molecule has 0 fully saturated rings. The summed E-state index contributed by atoms with van der Waals surface area (Å²) in [5, 5.41) is 11.2. The van der Waals surface area contributed by atoms with Gasteiger partial charge in [-0.05, 0) is 31.0 Å². The maximum atomic E-state index is 12.0. The van der Waals surface area contributed by atoms with Crippen LogP contribution in [0.5, 0.6) is 0 Å². The van der Waals surface area contributed by atoms with E-state index in [1.807, 2.05) is 38.1 Å². The minimum atomic E-state index is -0.0810. The average Bonchev–Trinajstić information content (AvgIpc) is 3.20. The number of aryl methyl sites for hydroxylation is 2. The highest BCUT2D eigenvalue weighted by Gasteiger charge is 2.14. The monoisotopic (exact) mass is 343 g/mol. The van der Waals surface area contributed by atoms with Gasteiger partial charge in [0.25, 0.3) is 11.1 Å². The minimum absolute atomic E-state index is 0.0810. The van der Waals surface area contributed by atoms with Crippen molar-refractivity contribution in [2.75, 3.05) is 5.75 Å². The van der Waals surface area contributed by atoms with E-state index in [-0.39, 0.29) is 11.7 Å². The summed E-state index contributed by atoms with van der Waals surface area (Å²) >= 11 is 1.21. The predicted octanol–water partition coefficient (Wildman–Crippen LogP) is 3.35. The topological polar surface area (TPSA) is 81.2 Å². The third-order valence-electron chi connectivity index (χ3n) is 3.56. The summed E-state index contributed by atoms with van der Waals surface area (Å²) in [7, 11) is 0. The number of amides is 1. The molecule has 24 heavy (non-hydrogen) atoms. The number of nitrogens with one attached hydrogen (secondary N) is 1. The van der Waals surface area contributed by atoms with Crippen molar-refractivity contribution in [3.8, 4) is 11.5 Å². The summed E-state index contributed by atoms with van der Waals surface area (Å²) in [6, 6.07) is 9.73. The lowest BCUT2D eigenvalue weighted by molar-refractivity contribution is -0.118. The molecule has 0 aliphatic carbocycles. The van der Waals surface area contributed by atoms with Crippen LogP contribution in [0.1, 0.15) is 16.9 Å². The Morgan fingerprint density at radius 1 is 1.21 bits per heavy atom. The summed E-state index contributed by atoms with van der Waals surface area (Å²) in [4.78, 5) is 12.0. The Labute approximate surface area is 143 Å². The normalized spacial score (nSPS) is 10.8. The molecule has 0 unspecified atom stereocenters. The summed E-state index contributed by atoms with van der Waals surface area (Å²) in [6.07, 6.45) is 1.57. The average molecular weight is 343 g/mol. The SMILES string of the molecule is Cc1ccccc1CNC(=O)CSc1nnc(-c2ccoc2C)o1. The lowest BCUT2D eigenvalue weighted by Crippen LogP contribution is -2.24. The van der Waals surface area contributed by atoms with Crippen molar-refractivity contribution < 1.29 is 13.6 Å². The number of carbonyl (C=O) groups is 1. The molecule has 3 aromatic rings. The highest BCUT2D eigenvalue weighted by Crippen LogP contribution is 2.26. The largest absolute Gasteiger partial charge is 0.469 e. The third-order valence-corrected chi connectivity index (χ3v) is 4.38. The van der Waals surface area contributed by atoms with E-state index in [1.54, 1.807) is 12.3 Å². The molecule has 0 aliphatic heterocycles. The third kappa shape index (κ3) is 3.86. The number of hydrogen-bond acceptors (Lipinski definition) is 6. The van der Waals surface area contributed by atoms with E-state index < -0.39 is 0 Å². The molecule has 0 aliphatic rings. The number of aromatic nitrogens is 2. The number of benzene rings is 1. The van der Waals surface area contributed by atoms with Gasteiger partial charge in [-0.1, -0.05) is 36.0 Å². The first-order chi connectivity index (χ1) is 11.6. The van der Waals surface area contributed by atoms with Gasteiger partial charge in [0, 0.05) is 6.54 Å². The molecule has 1 N–H and O–H groups in total. The Kier molecular flexibility index (Phi) is 5.00. The molecule has 6 nitrogen and oxygen atoms in total. The van der Waals surface area contributed by atoms with Crippen LogP contribution in [0.4, 0.5) is 0 Å². The second-order valence-corrected chi connectivity index (χ2v) is 6.18. The predicted molar refractivity (Wildman–Crippen MR) is 90.5 cm³/mol. The van der Waals surface area contributed by atoms with Gasteiger partial charge >= 0.3 is 0 Å². The zero-order valence-corrected chi connectivity index (χ0v) is 14.2. The molecule has 2 aromatic heterocycles. The van der Waals surface area contributed by atoms with Gasteiger partial charge < -0.3 is 14.2 Å². The van der Waals surface area contributed by atoms with E-state index in [4.69, 9.17) is 8.83 Å². The quantitative estimate of drug-likeness (QED) is 0.691. The first-order valence-electron chi connectivity index (χ1n) is 7.45. The maximum Gasteiger partial charge on any atom is 0.277 e. The van der Waals surface area contributed by atoms with E-state index in [2.05, 4.69) is 15.5 Å². The number of rotatable bonds is 6. The lowest BCUT2D eigenvalue weighted by Gasteiger charge is -2.06. The zero-order valence-electron chi connectivity index (χ0n) is 13.4. The summed E-state index contributed by atoms with van der Waals surface area (Å²) in [5.41, 5.74) is 3.02. The number of nitrogens with zero attached hydrogens (tertiary/aromatic N) is 2. The van der Waals surface area contributed by atoms with Crippen LogP contribution in [0.15, 0.2) is 50.7 Å². The van der Waals surface area contributed by atoms with Crippen molar-refractivity contribution in [1.82, 2.24) is 15.5 Å². The molecule has 0 radical (unpaired) electrons. The van der Waals surface area contributed by atoms with Gasteiger partial charge in [-0.25, -0.2) is 0 Å². The first-order valence-corrected chi connectivity index (χ1v) is 8.44. The van der Waals surface area contributed by atoms with Crippen molar-refractivity contribution in [2.45, 2.75) is 25.6 Å². The van der Waals surface area contributed by atoms with Crippen LogP contribution in [0.2, 0.25) is 0 Å². The van der Waals surface area contributed by atoms with Crippen molar-refractivity contribution in [1.29, 1.82) is 0 Å². The Morgan fingerprint density at radius 2 is 2.04 bits per heavy atom. The van der Waals surface area contributed by atoms with Crippen molar-refractivity contribution in [2.24, 2.45) is 0 Å². The highest BCUT2D eigenvalue weighted by atomic mass is 32.2. The molecule has 2 heterocycles. The second kappa shape index (κ2) is 7.35. The van der Waals surface area contributed by atoms with Gasteiger partial charge in [0.05, 0.1) is 17.6 Å². The Bertz CT molecular complexity index is 841. The number of hydrogen-bond donors (Lipinski definition) is 1. The van der Waals surface area contributed by atoms with Gasteiger partial charge in [0.1, 0.15) is 5.76 Å². The van der Waals surface area contributed by atoms with Gasteiger partial charge in [-0.2, -0.15) is 0 Å². The molecule has 0 saturated carbocycles. The molecule has 1 amide bonds. The van der Waals surface area contributed by atoms with Crippen LogP contribution in [0.25, 0.3) is 11.5 Å². The Morgan fingerprint density at radius 3 is 2.79 bits per heavy atom. The Hall–Kier alpha value is -2.54. The second-order valence-electron chi connectivity index (χ2n) is 5.26. The number of furan rings is 1. The van der Waals surface area contributed by atoms with Crippen molar-refractivity contribution in [3.05, 3.63) is 53.5 Å². The fourth-order valence-electron chi connectivity index (χ4n) is 2.16. The van der Waals surface area contributed by atoms with Crippen LogP contribution in [0, 0.1) is 13.8 Å². The van der Waals surface area contributed by atoms with E-state index in [9.17, 15) is 4.79 Å². The van der Waals surface area contributed by atoms with Gasteiger partial charge in [-0.3, -0.25) is 4.79 Å². The van der Waals surface area contributed by atoms with Crippen molar-refractivity contribution in [3.63, 3.8) is 0 Å². The fraction of sp³-hybridized carbons (Fsp3) is 0.235. The number of carbonyl (C=O) groups excluding carboxylic acids is 1. The van der Waals surface area contributed by atoms with Crippen LogP contribution >= 0.6 is 11.8 Å². The zero-order chi connectivity index (χ0) is 16.9. The highest BCUT2D eigenvalue weighted by molar-refractivity contribution is 7.99. The van der Waals surface area contributed by atoms with E-state index in [0.717, 1.165) is 16.7 Å². The summed E-state index contributed by atoms with van der Waals surface area (Å²) in [5.74, 6) is 1.25. The van der Waals surface area contributed by atoms with Crippen LogP contribution in [-0.4, -0.2) is 21.9 Å². The fourth-order valence-corrected chi connectivity index (χ4v) is 2.76. The van der Waals surface area contributed by atoms with E-state index >= 15 is 0 Å². The lowest BCUT2D eigenvalue weighted by atomic mass is 10.1. The Balaban J connectivity index is 1.51. The van der Waals surface area contributed by atoms with E-state index in [0.29, 0.717) is 23.4 Å². The molecule has 0 bridgehead atoms. The standard InChI is InChI=1S/C17H17N3O3S/c1-11-5-3-4-6-13(11)9-18-15(21)10-24-17-20-19-16(23-17)14-7-8-22-12(14)2/h3-8H,9-10H2,1-2H3,(H,18,21).